The largest absolute Gasteiger partial charge is 0.398 e. The molecule has 0 atom stereocenters. The fraction of sp³-hybridized carbons (Fsp3) is 0.273. The molecule has 1 aliphatic rings. The molecular formula is C11H13N3O2. The number of hydrogen-bond donors (Lipinski definition) is 2. The van der Waals surface area contributed by atoms with Crippen molar-refractivity contribution in [2.75, 3.05) is 17.2 Å². The van der Waals surface area contributed by atoms with Gasteiger partial charge in [-0.05, 0) is 31.0 Å². The third-order valence-electron chi connectivity index (χ3n) is 2.67. The number of benzene rings is 1. The molecule has 3 amide bonds. The van der Waals surface area contributed by atoms with Crippen LogP contribution in [0.25, 0.3) is 0 Å². The molecule has 0 aliphatic carbocycles. The normalized spacial score (nSPS) is 15.5. The van der Waals surface area contributed by atoms with Gasteiger partial charge < -0.3 is 11.1 Å². The lowest BCUT2D eigenvalue weighted by Crippen LogP contribution is -2.31. The molecule has 0 radical (unpaired) electrons. The van der Waals surface area contributed by atoms with Crippen LogP contribution in [0.1, 0.15) is 11.1 Å². The van der Waals surface area contributed by atoms with E-state index in [-0.39, 0.29) is 12.5 Å². The highest BCUT2D eigenvalue weighted by Crippen LogP contribution is 2.27. The van der Waals surface area contributed by atoms with E-state index < -0.39 is 6.03 Å². The second kappa shape index (κ2) is 3.52. The average Bonchev–Trinajstić information content (AvgIpc) is 2.53. The van der Waals surface area contributed by atoms with Crippen molar-refractivity contribution >= 4 is 23.3 Å². The van der Waals surface area contributed by atoms with Gasteiger partial charge >= 0.3 is 6.03 Å². The van der Waals surface area contributed by atoms with Crippen molar-refractivity contribution in [2.45, 2.75) is 13.8 Å². The molecule has 0 unspecified atom stereocenters. The number of nitrogen functional groups attached to an aromatic ring is 1. The Balaban J connectivity index is 2.51. The van der Waals surface area contributed by atoms with E-state index in [2.05, 4.69) is 5.32 Å². The lowest BCUT2D eigenvalue weighted by atomic mass is 10.1. The summed E-state index contributed by atoms with van der Waals surface area (Å²) in [5.41, 5.74) is 8.71. The van der Waals surface area contributed by atoms with Crippen LogP contribution in [0.15, 0.2) is 12.1 Å². The number of anilines is 2. The number of nitrogens with two attached hydrogens (primary N) is 1. The molecule has 1 fully saturated rings. The molecule has 0 spiro atoms. The highest BCUT2D eigenvalue weighted by molar-refractivity contribution is 6.20. The monoisotopic (exact) mass is 219 g/mol. The SMILES string of the molecule is Cc1cc(C)c(N2C(=O)CNC2=O)cc1N. The number of urea groups is 1. The maximum atomic E-state index is 11.5. The van der Waals surface area contributed by atoms with E-state index in [1.807, 2.05) is 19.9 Å². The molecule has 0 bridgehead atoms. The van der Waals surface area contributed by atoms with E-state index in [1.165, 1.54) is 0 Å². The van der Waals surface area contributed by atoms with Crippen molar-refractivity contribution in [3.63, 3.8) is 0 Å². The Kier molecular flexibility index (Phi) is 2.30. The van der Waals surface area contributed by atoms with E-state index in [1.54, 1.807) is 6.07 Å². The average molecular weight is 219 g/mol. The number of aryl methyl sites for hydroxylation is 2. The molecular weight excluding hydrogens is 206 g/mol. The summed E-state index contributed by atoms with van der Waals surface area (Å²) in [5.74, 6) is -0.253. The first-order chi connectivity index (χ1) is 7.50. The summed E-state index contributed by atoms with van der Waals surface area (Å²) in [6.07, 6.45) is 0. The van der Waals surface area contributed by atoms with Gasteiger partial charge in [-0.2, -0.15) is 0 Å². The first kappa shape index (κ1) is 10.5. The van der Waals surface area contributed by atoms with Crippen molar-refractivity contribution in [1.29, 1.82) is 0 Å². The second-order valence-corrected chi connectivity index (χ2v) is 3.88. The Morgan fingerprint density at radius 2 is 1.94 bits per heavy atom. The van der Waals surface area contributed by atoms with Crippen LogP contribution in [0, 0.1) is 13.8 Å². The van der Waals surface area contributed by atoms with Crippen molar-refractivity contribution in [3.8, 4) is 0 Å². The number of amides is 3. The van der Waals surface area contributed by atoms with Crippen molar-refractivity contribution < 1.29 is 9.59 Å². The summed E-state index contributed by atoms with van der Waals surface area (Å²) in [7, 11) is 0. The van der Waals surface area contributed by atoms with E-state index in [4.69, 9.17) is 5.73 Å². The zero-order chi connectivity index (χ0) is 11.9. The third-order valence-corrected chi connectivity index (χ3v) is 2.67. The van der Waals surface area contributed by atoms with E-state index in [0.717, 1.165) is 16.0 Å². The smallest absolute Gasteiger partial charge is 0.329 e. The van der Waals surface area contributed by atoms with Crippen molar-refractivity contribution in [1.82, 2.24) is 5.32 Å². The van der Waals surface area contributed by atoms with Gasteiger partial charge in [0.1, 0.15) is 0 Å². The van der Waals surface area contributed by atoms with Gasteiger partial charge in [-0.1, -0.05) is 6.07 Å². The third kappa shape index (κ3) is 1.50. The number of rotatable bonds is 1. The van der Waals surface area contributed by atoms with Crippen LogP contribution in [0.4, 0.5) is 16.2 Å². The Labute approximate surface area is 93.2 Å². The van der Waals surface area contributed by atoms with Crippen molar-refractivity contribution in [2.24, 2.45) is 0 Å². The Morgan fingerprint density at radius 1 is 1.25 bits per heavy atom. The first-order valence-corrected chi connectivity index (χ1v) is 4.98. The van der Waals surface area contributed by atoms with Crippen LogP contribution in [-0.2, 0) is 4.79 Å². The molecule has 84 valence electrons. The zero-order valence-corrected chi connectivity index (χ0v) is 9.20. The van der Waals surface area contributed by atoms with Gasteiger partial charge in [0, 0.05) is 5.69 Å². The molecule has 1 aromatic rings. The van der Waals surface area contributed by atoms with E-state index >= 15 is 0 Å². The molecule has 1 heterocycles. The number of imide groups is 1. The van der Waals surface area contributed by atoms with Gasteiger partial charge in [-0.25, -0.2) is 9.69 Å². The maximum absolute atomic E-state index is 11.5. The summed E-state index contributed by atoms with van der Waals surface area (Å²) in [5, 5.41) is 2.48. The molecule has 2 rings (SSSR count). The minimum atomic E-state index is -0.392. The van der Waals surface area contributed by atoms with Gasteiger partial charge in [0.05, 0.1) is 12.2 Å². The minimum Gasteiger partial charge on any atom is -0.398 e. The Bertz CT molecular complexity index is 466. The van der Waals surface area contributed by atoms with Gasteiger partial charge in [0.15, 0.2) is 0 Å². The molecule has 16 heavy (non-hydrogen) atoms. The summed E-state index contributed by atoms with van der Waals surface area (Å²) in [6.45, 7) is 3.78. The summed E-state index contributed by atoms with van der Waals surface area (Å²) < 4.78 is 0. The Hall–Kier alpha value is -2.04. The number of carbonyl (C=O) groups excluding carboxylic acids is 2. The summed E-state index contributed by atoms with van der Waals surface area (Å²) >= 11 is 0. The number of nitrogens with one attached hydrogen (secondary N) is 1. The molecule has 5 nitrogen and oxygen atoms in total. The van der Waals surface area contributed by atoms with Gasteiger partial charge in [-0.15, -0.1) is 0 Å². The van der Waals surface area contributed by atoms with Crippen LogP contribution in [0.3, 0.4) is 0 Å². The predicted octanol–water partition coefficient (Wildman–Crippen LogP) is 0.942. The highest BCUT2D eigenvalue weighted by atomic mass is 16.2. The maximum Gasteiger partial charge on any atom is 0.329 e. The van der Waals surface area contributed by atoms with Crippen LogP contribution in [-0.4, -0.2) is 18.5 Å². The van der Waals surface area contributed by atoms with Gasteiger partial charge in [-0.3, -0.25) is 4.79 Å². The molecule has 1 aromatic carbocycles. The summed E-state index contributed by atoms with van der Waals surface area (Å²) in [4.78, 5) is 24.2. The van der Waals surface area contributed by atoms with Crippen LogP contribution < -0.4 is 16.0 Å². The molecule has 0 aromatic heterocycles. The topological polar surface area (TPSA) is 75.4 Å². The number of carbonyl (C=O) groups is 2. The quantitative estimate of drug-likeness (QED) is 0.545. The van der Waals surface area contributed by atoms with Crippen LogP contribution in [0.5, 0.6) is 0 Å². The molecule has 5 heteroatoms. The first-order valence-electron chi connectivity index (χ1n) is 4.98. The molecule has 1 saturated heterocycles. The number of hydrogen-bond acceptors (Lipinski definition) is 3. The zero-order valence-electron chi connectivity index (χ0n) is 9.20. The minimum absolute atomic E-state index is 0.0477. The van der Waals surface area contributed by atoms with Gasteiger partial charge in [0.25, 0.3) is 5.91 Å². The standard InChI is InChI=1S/C11H13N3O2/c1-6-3-7(2)9(4-8(6)12)14-10(15)5-13-11(14)16/h3-4H,5,12H2,1-2H3,(H,13,16). The van der Waals surface area contributed by atoms with E-state index in [0.29, 0.717) is 11.4 Å². The second-order valence-electron chi connectivity index (χ2n) is 3.88. The lowest BCUT2D eigenvalue weighted by molar-refractivity contribution is -0.115. The lowest BCUT2D eigenvalue weighted by Gasteiger charge is -2.16. The fourth-order valence-corrected chi connectivity index (χ4v) is 1.76. The summed E-state index contributed by atoms with van der Waals surface area (Å²) in [6, 6.07) is 3.13. The molecule has 3 N–H and O–H groups in total. The predicted molar refractivity (Wildman–Crippen MR) is 61.2 cm³/mol. The van der Waals surface area contributed by atoms with Crippen LogP contribution >= 0.6 is 0 Å². The van der Waals surface area contributed by atoms with Gasteiger partial charge in [0.2, 0.25) is 0 Å². The Morgan fingerprint density at radius 3 is 2.50 bits per heavy atom. The van der Waals surface area contributed by atoms with Crippen LogP contribution in [0.2, 0.25) is 0 Å². The molecule has 1 aliphatic heterocycles. The molecule has 0 saturated carbocycles. The van der Waals surface area contributed by atoms with Crippen molar-refractivity contribution in [3.05, 3.63) is 23.3 Å². The van der Waals surface area contributed by atoms with E-state index in [9.17, 15) is 9.59 Å². The number of nitrogens with zero attached hydrogens (tertiary/aromatic N) is 1. The fourth-order valence-electron chi connectivity index (χ4n) is 1.76. The highest BCUT2D eigenvalue weighted by Gasteiger charge is 2.31.